The Balaban J connectivity index is -0.000000107. The molecule has 0 aliphatic rings. The molecule has 0 fully saturated rings. The van der Waals surface area contributed by atoms with E-state index in [4.69, 9.17) is 0 Å². The molecule has 0 rings (SSSR count). The first-order valence-corrected chi connectivity index (χ1v) is 4.09. The maximum absolute atomic E-state index is 2.27. The molecule has 0 aromatic rings. The third-order valence-corrected chi connectivity index (χ3v) is 2.68. The molecule has 0 aromatic heterocycles. The van der Waals surface area contributed by atoms with Crippen LogP contribution in [-0.4, -0.2) is 36.1 Å². The highest BCUT2D eigenvalue weighted by Gasteiger charge is 2.16. The lowest BCUT2D eigenvalue weighted by molar-refractivity contribution is -0.921. The van der Waals surface area contributed by atoms with Crippen LogP contribution in [0.1, 0.15) is 27.7 Å². The zero-order chi connectivity index (χ0) is 7.33. The van der Waals surface area contributed by atoms with Crippen molar-refractivity contribution in [3.05, 3.63) is 0 Å². The molecule has 5 N–H and O–H groups in total. The van der Waals surface area contributed by atoms with Gasteiger partial charge in [-0.15, -0.1) is 0 Å². The Labute approximate surface area is 83.0 Å². The van der Waals surface area contributed by atoms with Gasteiger partial charge in [-0.25, -0.2) is 0 Å². The summed E-state index contributed by atoms with van der Waals surface area (Å²) in [5.74, 6) is 0. The first-order chi connectivity index (χ1) is 4.24. The van der Waals surface area contributed by atoms with Gasteiger partial charge in [0.05, 0.1) is 26.2 Å². The molecular weight excluding hydrogens is 176 g/mol. The van der Waals surface area contributed by atoms with E-state index < -0.39 is 0 Å². The fourth-order valence-electron chi connectivity index (χ4n) is 1.34. The largest absolute Gasteiger partial charge is 1.00 e. The molecule has 4 heteroatoms. The number of hydrogen-bond donors (Lipinski definition) is 1. The second-order valence-electron chi connectivity index (χ2n) is 2.61. The zero-order valence-corrected chi connectivity index (χ0v) is 9.86. The number of hydrogen-bond acceptors (Lipinski definition) is 1. The highest BCUT2D eigenvalue weighted by molar-refractivity contribution is 4.31. The minimum atomic E-state index is 0. The van der Waals surface area contributed by atoms with Gasteiger partial charge in [-0.2, -0.15) is 0 Å². The third kappa shape index (κ3) is 5.77. The molecule has 0 heterocycles. The van der Waals surface area contributed by atoms with Crippen molar-refractivity contribution >= 4 is 0 Å². The Morgan fingerprint density at radius 3 is 0.917 bits per heavy atom. The average molecular weight is 201 g/mol. The quantitative estimate of drug-likeness (QED) is 0.587. The average Bonchev–Trinajstić information content (AvgIpc) is 1.95. The van der Waals surface area contributed by atoms with Crippen LogP contribution in [0.2, 0.25) is 0 Å². The molecular formula is C8H25ClN2O. The summed E-state index contributed by atoms with van der Waals surface area (Å²) >= 11 is 0. The summed E-state index contributed by atoms with van der Waals surface area (Å²) < 4.78 is 1.28. The Hall–Kier alpha value is 0.170. The van der Waals surface area contributed by atoms with Gasteiger partial charge in [0, 0.05) is 0 Å². The lowest BCUT2D eigenvalue weighted by Crippen LogP contribution is -3.00. The molecule has 0 unspecified atom stereocenters. The van der Waals surface area contributed by atoms with Crippen LogP contribution in [0.15, 0.2) is 0 Å². The fourth-order valence-corrected chi connectivity index (χ4v) is 1.34. The highest BCUT2D eigenvalue weighted by atomic mass is 35.5. The van der Waals surface area contributed by atoms with Gasteiger partial charge >= 0.3 is 0 Å². The second-order valence-corrected chi connectivity index (χ2v) is 2.61. The van der Waals surface area contributed by atoms with Crippen LogP contribution in [0.4, 0.5) is 0 Å². The standard InChI is InChI=1S/C8H20N.ClH.H3N.H2O/c1-5-9(6-2,7-3)8-4;;;/h5-8H2,1-4H3;1H;1H3;1H2/q+1;;;/p-1. The molecule has 0 aliphatic heterocycles. The maximum atomic E-state index is 2.27. The van der Waals surface area contributed by atoms with Crippen molar-refractivity contribution in [3.63, 3.8) is 0 Å². The highest BCUT2D eigenvalue weighted by Crippen LogP contribution is 2.03. The van der Waals surface area contributed by atoms with Crippen LogP contribution in [0.5, 0.6) is 0 Å². The Bertz CT molecular complexity index is 59.9. The summed E-state index contributed by atoms with van der Waals surface area (Å²) in [5, 5.41) is 0. The molecule has 12 heavy (non-hydrogen) atoms. The predicted molar refractivity (Wildman–Crippen MR) is 50.3 cm³/mol. The number of nitrogens with zero attached hydrogens (tertiary/aromatic N) is 1. The van der Waals surface area contributed by atoms with E-state index in [0.717, 1.165) is 0 Å². The van der Waals surface area contributed by atoms with Crippen LogP contribution >= 0.6 is 0 Å². The summed E-state index contributed by atoms with van der Waals surface area (Å²) in [7, 11) is 0. The van der Waals surface area contributed by atoms with Crippen molar-refractivity contribution in [2.75, 3.05) is 26.2 Å². The molecule has 0 aliphatic carbocycles. The summed E-state index contributed by atoms with van der Waals surface area (Å²) in [5.41, 5.74) is 0. The molecule has 0 amide bonds. The van der Waals surface area contributed by atoms with Gasteiger partial charge in [0.15, 0.2) is 0 Å². The molecule has 0 radical (unpaired) electrons. The summed E-state index contributed by atoms with van der Waals surface area (Å²) in [4.78, 5) is 0. The first-order valence-electron chi connectivity index (χ1n) is 4.09. The van der Waals surface area contributed by atoms with Crippen LogP contribution in [-0.2, 0) is 0 Å². The lowest BCUT2D eigenvalue weighted by atomic mass is 10.3. The van der Waals surface area contributed by atoms with Crippen LogP contribution < -0.4 is 18.6 Å². The van der Waals surface area contributed by atoms with Crippen LogP contribution in [0, 0.1) is 0 Å². The summed E-state index contributed by atoms with van der Waals surface area (Å²) in [6.45, 7) is 14.2. The smallest absolute Gasteiger partial charge is 0.0757 e. The summed E-state index contributed by atoms with van der Waals surface area (Å²) in [6.07, 6.45) is 0. The number of rotatable bonds is 4. The Morgan fingerprint density at radius 1 is 0.750 bits per heavy atom. The van der Waals surface area contributed by atoms with Crippen molar-refractivity contribution < 1.29 is 22.4 Å². The van der Waals surface area contributed by atoms with Crippen LogP contribution in [0.25, 0.3) is 0 Å². The zero-order valence-electron chi connectivity index (χ0n) is 9.10. The van der Waals surface area contributed by atoms with Gasteiger partial charge in [0.1, 0.15) is 0 Å². The number of halogens is 1. The van der Waals surface area contributed by atoms with Gasteiger partial charge in [-0.05, 0) is 27.7 Å². The first kappa shape index (κ1) is 22.7. The molecule has 0 saturated carbocycles. The Kier molecular flexibility index (Phi) is 21.2. The van der Waals surface area contributed by atoms with Gasteiger partial charge in [0.2, 0.25) is 0 Å². The molecule has 0 atom stereocenters. The van der Waals surface area contributed by atoms with E-state index in [1.54, 1.807) is 0 Å². The number of quaternary nitrogens is 2. The van der Waals surface area contributed by atoms with Crippen LogP contribution in [0.3, 0.4) is 0 Å². The van der Waals surface area contributed by atoms with E-state index in [0.29, 0.717) is 0 Å². The maximum Gasteiger partial charge on any atom is 0.0757 e. The van der Waals surface area contributed by atoms with Gasteiger partial charge in [0.25, 0.3) is 0 Å². The molecule has 0 saturated heterocycles. The molecule has 0 aromatic carbocycles. The Morgan fingerprint density at radius 2 is 0.917 bits per heavy atom. The van der Waals surface area contributed by atoms with Crippen molar-refractivity contribution in [2.45, 2.75) is 27.7 Å². The summed E-state index contributed by atoms with van der Waals surface area (Å²) in [6, 6.07) is 0. The molecule has 3 nitrogen and oxygen atoms in total. The third-order valence-electron chi connectivity index (χ3n) is 2.68. The van der Waals surface area contributed by atoms with Gasteiger partial charge in [-0.3, -0.25) is 0 Å². The molecule has 0 bridgehead atoms. The second kappa shape index (κ2) is 11.2. The minimum absolute atomic E-state index is 0. The molecule has 80 valence electrons. The van der Waals surface area contributed by atoms with Gasteiger partial charge < -0.3 is 28.5 Å². The van der Waals surface area contributed by atoms with Crippen molar-refractivity contribution in [1.82, 2.24) is 6.15 Å². The van der Waals surface area contributed by atoms with E-state index in [1.807, 2.05) is 0 Å². The van der Waals surface area contributed by atoms with E-state index in [9.17, 15) is 0 Å². The fraction of sp³-hybridized carbons (Fsp3) is 1.00. The minimum Gasteiger partial charge on any atom is -1.00 e. The van der Waals surface area contributed by atoms with E-state index in [1.165, 1.54) is 30.7 Å². The predicted octanol–water partition coefficient (Wildman–Crippen LogP) is -0.914. The van der Waals surface area contributed by atoms with Gasteiger partial charge in [-0.1, -0.05) is 0 Å². The van der Waals surface area contributed by atoms with Crippen molar-refractivity contribution in [2.24, 2.45) is 0 Å². The van der Waals surface area contributed by atoms with E-state index in [2.05, 4.69) is 27.7 Å². The van der Waals surface area contributed by atoms with E-state index >= 15 is 0 Å². The monoisotopic (exact) mass is 200 g/mol. The normalized spacial score (nSPS) is 9.00. The topological polar surface area (TPSA) is 66.5 Å². The van der Waals surface area contributed by atoms with Crippen molar-refractivity contribution in [3.8, 4) is 0 Å². The SMILES string of the molecule is CC[N+](CC)(CC)CC.[Cl-].[NH4+].[OH-]. The lowest BCUT2D eigenvalue weighted by Gasteiger charge is -2.34. The van der Waals surface area contributed by atoms with Crippen molar-refractivity contribution in [1.29, 1.82) is 0 Å². The molecule has 0 spiro atoms. The van der Waals surface area contributed by atoms with E-state index in [-0.39, 0.29) is 24.0 Å².